The van der Waals surface area contributed by atoms with Gasteiger partial charge in [-0.05, 0) is 44.0 Å². The predicted octanol–water partition coefficient (Wildman–Crippen LogP) is 4.76. The predicted molar refractivity (Wildman–Crippen MR) is 110 cm³/mol. The fourth-order valence-electron chi connectivity index (χ4n) is 2.49. The van der Waals surface area contributed by atoms with Crippen LogP contribution in [-0.4, -0.2) is 32.2 Å². The van der Waals surface area contributed by atoms with Crippen molar-refractivity contribution in [3.63, 3.8) is 0 Å². The standard InChI is InChI=1S/C21H27ClN2O3/c1-3-13-27-20-18(22)14-16(15-19(20)26-4-2)21(25)24-12-8-11-23-17-9-6-5-7-10-17/h5-7,9-10,14-15,23H,3-4,8,11-13H2,1-2H3,(H,24,25). The summed E-state index contributed by atoms with van der Waals surface area (Å²) in [6.07, 6.45) is 1.67. The van der Waals surface area contributed by atoms with Gasteiger partial charge in [0, 0.05) is 24.3 Å². The molecule has 0 radical (unpaired) electrons. The molecule has 1 amide bonds. The molecule has 0 aliphatic carbocycles. The highest BCUT2D eigenvalue weighted by Crippen LogP contribution is 2.36. The van der Waals surface area contributed by atoms with Crippen LogP contribution in [0.25, 0.3) is 0 Å². The zero-order valence-corrected chi connectivity index (χ0v) is 16.6. The molecule has 0 aromatic heterocycles. The van der Waals surface area contributed by atoms with Crippen LogP contribution in [0, 0.1) is 0 Å². The molecule has 2 rings (SSSR count). The van der Waals surface area contributed by atoms with Gasteiger partial charge in [0.2, 0.25) is 0 Å². The number of carbonyl (C=O) groups is 1. The summed E-state index contributed by atoms with van der Waals surface area (Å²) in [5.41, 5.74) is 1.53. The lowest BCUT2D eigenvalue weighted by molar-refractivity contribution is 0.0953. The lowest BCUT2D eigenvalue weighted by atomic mass is 10.2. The number of ether oxygens (including phenoxy) is 2. The molecule has 0 heterocycles. The maximum absolute atomic E-state index is 12.4. The average Bonchev–Trinajstić information content (AvgIpc) is 2.68. The normalized spacial score (nSPS) is 10.3. The van der Waals surface area contributed by atoms with Gasteiger partial charge in [-0.2, -0.15) is 0 Å². The Kier molecular flexibility index (Phi) is 8.78. The molecular weight excluding hydrogens is 364 g/mol. The smallest absolute Gasteiger partial charge is 0.251 e. The third-order valence-corrected chi connectivity index (χ3v) is 4.04. The van der Waals surface area contributed by atoms with Crippen LogP contribution >= 0.6 is 11.6 Å². The van der Waals surface area contributed by atoms with Gasteiger partial charge in [-0.25, -0.2) is 0 Å². The first-order chi connectivity index (χ1) is 13.2. The number of hydrogen-bond donors (Lipinski definition) is 2. The topological polar surface area (TPSA) is 59.6 Å². The van der Waals surface area contributed by atoms with Crippen molar-refractivity contribution < 1.29 is 14.3 Å². The Labute approximate surface area is 166 Å². The number of anilines is 1. The zero-order chi connectivity index (χ0) is 19.5. The fraction of sp³-hybridized carbons (Fsp3) is 0.381. The van der Waals surface area contributed by atoms with Crippen molar-refractivity contribution in [1.82, 2.24) is 5.32 Å². The van der Waals surface area contributed by atoms with Crippen LogP contribution in [-0.2, 0) is 0 Å². The first-order valence-corrected chi connectivity index (χ1v) is 9.69. The molecule has 0 fully saturated rings. The Morgan fingerprint density at radius 1 is 1.07 bits per heavy atom. The molecule has 0 saturated carbocycles. The van der Waals surface area contributed by atoms with Crippen molar-refractivity contribution in [2.45, 2.75) is 26.7 Å². The molecule has 2 aromatic carbocycles. The summed E-state index contributed by atoms with van der Waals surface area (Å²) in [5, 5.41) is 6.60. The summed E-state index contributed by atoms with van der Waals surface area (Å²) in [6, 6.07) is 13.3. The van der Waals surface area contributed by atoms with Gasteiger partial charge in [0.25, 0.3) is 5.91 Å². The molecule has 0 unspecified atom stereocenters. The number of rotatable bonds is 11. The van der Waals surface area contributed by atoms with Crippen molar-refractivity contribution >= 4 is 23.2 Å². The molecular formula is C21H27ClN2O3. The van der Waals surface area contributed by atoms with Gasteiger partial charge in [-0.3, -0.25) is 4.79 Å². The highest BCUT2D eigenvalue weighted by molar-refractivity contribution is 6.32. The van der Waals surface area contributed by atoms with Gasteiger partial charge in [0.1, 0.15) is 0 Å². The van der Waals surface area contributed by atoms with E-state index in [1.165, 1.54) is 0 Å². The van der Waals surface area contributed by atoms with E-state index in [0.29, 0.717) is 41.8 Å². The van der Waals surface area contributed by atoms with Crippen LogP contribution in [0.5, 0.6) is 11.5 Å². The van der Waals surface area contributed by atoms with Gasteiger partial charge in [0.05, 0.1) is 18.2 Å². The van der Waals surface area contributed by atoms with Gasteiger partial charge in [-0.1, -0.05) is 36.7 Å². The number of nitrogens with one attached hydrogen (secondary N) is 2. The zero-order valence-electron chi connectivity index (χ0n) is 15.9. The number of benzene rings is 2. The minimum absolute atomic E-state index is 0.181. The summed E-state index contributed by atoms with van der Waals surface area (Å²) < 4.78 is 11.3. The van der Waals surface area contributed by atoms with E-state index in [4.69, 9.17) is 21.1 Å². The first kappa shape index (κ1) is 20.9. The molecule has 5 nitrogen and oxygen atoms in total. The molecule has 6 heteroatoms. The number of carbonyl (C=O) groups excluding carboxylic acids is 1. The summed E-state index contributed by atoms with van der Waals surface area (Å²) in [5.74, 6) is 0.804. The molecule has 27 heavy (non-hydrogen) atoms. The van der Waals surface area contributed by atoms with Crippen LogP contribution < -0.4 is 20.1 Å². The summed E-state index contributed by atoms with van der Waals surface area (Å²) in [7, 11) is 0. The molecule has 0 spiro atoms. The van der Waals surface area contributed by atoms with Crippen molar-refractivity contribution in [1.29, 1.82) is 0 Å². The van der Waals surface area contributed by atoms with Crippen molar-refractivity contribution in [2.24, 2.45) is 0 Å². The second-order valence-electron chi connectivity index (χ2n) is 5.97. The van der Waals surface area contributed by atoms with Gasteiger partial charge < -0.3 is 20.1 Å². The van der Waals surface area contributed by atoms with E-state index in [-0.39, 0.29) is 5.91 Å². The molecule has 146 valence electrons. The molecule has 0 saturated heterocycles. The monoisotopic (exact) mass is 390 g/mol. The van der Waals surface area contributed by atoms with Crippen LogP contribution in [0.3, 0.4) is 0 Å². The largest absolute Gasteiger partial charge is 0.490 e. The molecule has 2 N–H and O–H groups in total. The maximum Gasteiger partial charge on any atom is 0.251 e. The van der Waals surface area contributed by atoms with E-state index in [2.05, 4.69) is 10.6 Å². The van der Waals surface area contributed by atoms with Gasteiger partial charge >= 0.3 is 0 Å². The Morgan fingerprint density at radius 2 is 1.85 bits per heavy atom. The van der Waals surface area contributed by atoms with Crippen LogP contribution in [0.4, 0.5) is 5.69 Å². The van der Waals surface area contributed by atoms with Gasteiger partial charge in [-0.15, -0.1) is 0 Å². The van der Waals surface area contributed by atoms with E-state index in [1.807, 2.05) is 44.2 Å². The Hall–Kier alpha value is -2.40. The summed E-state index contributed by atoms with van der Waals surface area (Å²) in [6.45, 7) is 6.24. The quantitative estimate of drug-likeness (QED) is 0.543. The van der Waals surface area contributed by atoms with E-state index < -0.39 is 0 Å². The second-order valence-corrected chi connectivity index (χ2v) is 6.38. The maximum atomic E-state index is 12.4. The fourth-order valence-corrected chi connectivity index (χ4v) is 2.75. The minimum Gasteiger partial charge on any atom is -0.490 e. The van der Waals surface area contributed by atoms with E-state index >= 15 is 0 Å². The highest BCUT2D eigenvalue weighted by Gasteiger charge is 2.16. The van der Waals surface area contributed by atoms with E-state index in [1.54, 1.807) is 12.1 Å². The summed E-state index contributed by atoms with van der Waals surface area (Å²) >= 11 is 6.31. The number of amides is 1. The third-order valence-electron chi connectivity index (χ3n) is 3.76. The first-order valence-electron chi connectivity index (χ1n) is 9.32. The number of halogens is 1. The lowest BCUT2D eigenvalue weighted by Crippen LogP contribution is -2.26. The number of para-hydroxylation sites is 1. The van der Waals surface area contributed by atoms with Crippen molar-refractivity contribution in [2.75, 3.05) is 31.6 Å². The van der Waals surface area contributed by atoms with E-state index in [9.17, 15) is 4.79 Å². The average molecular weight is 391 g/mol. The van der Waals surface area contributed by atoms with Crippen LogP contribution in [0.2, 0.25) is 5.02 Å². The second kappa shape index (κ2) is 11.3. The summed E-state index contributed by atoms with van der Waals surface area (Å²) in [4.78, 5) is 12.4. The van der Waals surface area contributed by atoms with Crippen molar-refractivity contribution in [3.05, 3.63) is 53.1 Å². The molecule has 0 atom stereocenters. The van der Waals surface area contributed by atoms with Crippen LogP contribution in [0.15, 0.2) is 42.5 Å². The lowest BCUT2D eigenvalue weighted by Gasteiger charge is -2.15. The minimum atomic E-state index is -0.181. The molecule has 0 bridgehead atoms. The van der Waals surface area contributed by atoms with Crippen molar-refractivity contribution in [3.8, 4) is 11.5 Å². The molecule has 0 aliphatic rings. The number of hydrogen-bond acceptors (Lipinski definition) is 4. The Bertz CT molecular complexity index is 723. The molecule has 2 aromatic rings. The van der Waals surface area contributed by atoms with Gasteiger partial charge in [0.15, 0.2) is 11.5 Å². The Morgan fingerprint density at radius 3 is 2.56 bits per heavy atom. The molecule has 0 aliphatic heterocycles. The van der Waals surface area contributed by atoms with E-state index in [0.717, 1.165) is 25.1 Å². The SMILES string of the molecule is CCCOc1c(Cl)cc(C(=O)NCCCNc2ccccc2)cc1OCC. The Balaban J connectivity index is 1.89. The third kappa shape index (κ3) is 6.68. The highest BCUT2D eigenvalue weighted by atomic mass is 35.5. The van der Waals surface area contributed by atoms with Crippen LogP contribution in [0.1, 0.15) is 37.0 Å².